The number of halogens is 2. The van der Waals surface area contributed by atoms with Crippen molar-refractivity contribution in [2.75, 3.05) is 31.6 Å². The van der Waals surface area contributed by atoms with Crippen molar-refractivity contribution in [2.24, 2.45) is 0 Å². The molecule has 1 N–H and O–H groups in total. The Morgan fingerprint density at radius 2 is 1.52 bits per heavy atom. The standard InChI is InChI=1S/C27H40N2O2.2ClH/c1-21(2)24-8-6-23(7-9-24)20-29-18-15-27(30,16-19-29)14-17-28(5)25-10-12-26(13-11-25)31-22(3)4;;/h6-13,21-22,30H,14-20H2,1-5H3;2*1H. The number of likely N-dealkylation sites (tertiary alicyclic amines) is 1. The molecule has 1 aliphatic heterocycles. The van der Waals surface area contributed by atoms with Gasteiger partial charge in [-0.15, -0.1) is 24.8 Å². The molecule has 0 atom stereocenters. The first-order valence-electron chi connectivity index (χ1n) is 11.8. The molecule has 2 aromatic rings. The fraction of sp³-hybridized carbons (Fsp3) is 0.556. The molecular weight excluding hydrogens is 455 g/mol. The second kappa shape index (κ2) is 13.4. The summed E-state index contributed by atoms with van der Waals surface area (Å²) in [6.45, 7) is 12.3. The van der Waals surface area contributed by atoms with Gasteiger partial charge in [0.1, 0.15) is 5.75 Å². The Bertz CT molecular complexity index is 802. The predicted molar refractivity (Wildman–Crippen MR) is 145 cm³/mol. The van der Waals surface area contributed by atoms with Gasteiger partial charge in [0.2, 0.25) is 0 Å². The molecule has 0 spiro atoms. The lowest BCUT2D eigenvalue weighted by molar-refractivity contribution is -0.0275. The van der Waals surface area contributed by atoms with Gasteiger partial charge in [-0.05, 0) is 74.4 Å². The first kappa shape index (κ1) is 29.6. The molecule has 0 bridgehead atoms. The topological polar surface area (TPSA) is 35.9 Å². The van der Waals surface area contributed by atoms with Gasteiger partial charge in [0.15, 0.2) is 0 Å². The van der Waals surface area contributed by atoms with Crippen molar-refractivity contribution in [2.45, 2.75) is 71.1 Å². The fourth-order valence-electron chi connectivity index (χ4n) is 4.20. The first-order valence-corrected chi connectivity index (χ1v) is 11.8. The lowest BCUT2D eigenvalue weighted by atomic mass is 9.87. The van der Waals surface area contributed by atoms with Crippen LogP contribution in [-0.4, -0.2) is 48.4 Å². The van der Waals surface area contributed by atoms with Gasteiger partial charge in [0, 0.05) is 38.9 Å². The zero-order valence-electron chi connectivity index (χ0n) is 20.8. The average molecular weight is 498 g/mol. The van der Waals surface area contributed by atoms with Crippen molar-refractivity contribution in [1.82, 2.24) is 4.90 Å². The highest BCUT2D eigenvalue weighted by molar-refractivity contribution is 5.85. The van der Waals surface area contributed by atoms with E-state index >= 15 is 0 Å². The highest BCUT2D eigenvalue weighted by Gasteiger charge is 2.32. The number of ether oxygens (including phenoxy) is 1. The van der Waals surface area contributed by atoms with Gasteiger partial charge in [-0.25, -0.2) is 0 Å². The summed E-state index contributed by atoms with van der Waals surface area (Å²) in [4.78, 5) is 4.69. The summed E-state index contributed by atoms with van der Waals surface area (Å²) in [6.07, 6.45) is 2.66. The van der Waals surface area contributed by atoms with Gasteiger partial charge in [-0.3, -0.25) is 4.90 Å². The summed E-state index contributed by atoms with van der Waals surface area (Å²) < 4.78 is 5.73. The molecule has 186 valence electrons. The molecule has 0 radical (unpaired) electrons. The summed E-state index contributed by atoms with van der Waals surface area (Å²) in [5.41, 5.74) is 3.34. The van der Waals surface area contributed by atoms with Crippen molar-refractivity contribution in [3.05, 3.63) is 59.7 Å². The lowest BCUT2D eigenvalue weighted by Gasteiger charge is -2.39. The number of hydrogen-bond donors (Lipinski definition) is 1. The van der Waals surface area contributed by atoms with E-state index in [4.69, 9.17) is 4.74 Å². The summed E-state index contributed by atoms with van der Waals surface area (Å²) in [5.74, 6) is 1.47. The third kappa shape index (κ3) is 9.01. The van der Waals surface area contributed by atoms with E-state index in [1.807, 2.05) is 26.0 Å². The minimum Gasteiger partial charge on any atom is -0.491 e. The number of rotatable bonds is 9. The molecule has 6 heteroatoms. The van der Waals surface area contributed by atoms with Gasteiger partial charge < -0.3 is 14.7 Å². The molecule has 3 rings (SSSR count). The van der Waals surface area contributed by atoms with Gasteiger partial charge in [0.05, 0.1) is 11.7 Å². The van der Waals surface area contributed by atoms with Gasteiger partial charge in [-0.1, -0.05) is 38.1 Å². The average Bonchev–Trinajstić information content (AvgIpc) is 2.74. The Morgan fingerprint density at radius 3 is 2.03 bits per heavy atom. The van der Waals surface area contributed by atoms with Crippen LogP contribution in [0, 0.1) is 0 Å². The highest BCUT2D eigenvalue weighted by atomic mass is 35.5. The van der Waals surface area contributed by atoms with E-state index in [0.29, 0.717) is 5.92 Å². The zero-order valence-corrected chi connectivity index (χ0v) is 22.4. The van der Waals surface area contributed by atoms with E-state index in [9.17, 15) is 5.11 Å². The molecule has 0 amide bonds. The third-order valence-corrected chi connectivity index (χ3v) is 6.40. The van der Waals surface area contributed by atoms with Crippen molar-refractivity contribution < 1.29 is 9.84 Å². The van der Waals surface area contributed by atoms with Crippen molar-refractivity contribution in [1.29, 1.82) is 0 Å². The Labute approximate surface area is 213 Å². The van der Waals surface area contributed by atoms with Crippen molar-refractivity contribution in [3.63, 3.8) is 0 Å². The SMILES string of the molecule is CC(C)Oc1ccc(N(C)CCC2(O)CCN(Cc3ccc(C(C)C)cc3)CC2)cc1.Cl.Cl. The fourth-order valence-corrected chi connectivity index (χ4v) is 4.20. The van der Waals surface area contributed by atoms with Crippen LogP contribution in [0.4, 0.5) is 5.69 Å². The van der Waals surface area contributed by atoms with Crippen LogP contribution in [0.2, 0.25) is 0 Å². The van der Waals surface area contributed by atoms with E-state index in [1.165, 1.54) is 11.1 Å². The molecule has 0 unspecified atom stereocenters. The molecule has 1 saturated heterocycles. The number of aliphatic hydroxyl groups is 1. The first-order chi connectivity index (χ1) is 14.7. The predicted octanol–water partition coefficient (Wildman–Crippen LogP) is 6.29. The highest BCUT2D eigenvalue weighted by Crippen LogP contribution is 2.28. The maximum atomic E-state index is 11.1. The third-order valence-electron chi connectivity index (χ3n) is 6.40. The normalized spacial score (nSPS) is 15.6. The largest absolute Gasteiger partial charge is 0.491 e. The van der Waals surface area contributed by atoms with E-state index in [-0.39, 0.29) is 30.9 Å². The minimum atomic E-state index is -0.563. The molecular formula is C27H42Cl2N2O2. The number of anilines is 1. The van der Waals surface area contributed by atoms with E-state index in [0.717, 1.165) is 56.9 Å². The van der Waals surface area contributed by atoms with Gasteiger partial charge in [-0.2, -0.15) is 0 Å². The quantitative estimate of drug-likeness (QED) is 0.442. The molecule has 33 heavy (non-hydrogen) atoms. The number of benzene rings is 2. The molecule has 1 fully saturated rings. The summed E-state index contributed by atoms with van der Waals surface area (Å²) in [7, 11) is 2.09. The molecule has 0 aliphatic carbocycles. The van der Waals surface area contributed by atoms with E-state index in [1.54, 1.807) is 0 Å². The monoisotopic (exact) mass is 496 g/mol. The van der Waals surface area contributed by atoms with Crippen molar-refractivity contribution >= 4 is 30.5 Å². The molecule has 1 heterocycles. The number of nitrogens with zero attached hydrogens (tertiary/aromatic N) is 2. The minimum absolute atomic E-state index is 0. The van der Waals surface area contributed by atoms with Crippen LogP contribution in [0.25, 0.3) is 0 Å². The summed E-state index contributed by atoms with van der Waals surface area (Å²) >= 11 is 0. The Kier molecular flexibility index (Phi) is 12.0. The van der Waals surface area contributed by atoms with Crippen LogP contribution in [-0.2, 0) is 6.54 Å². The van der Waals surface area contributed by atoms with Gasteiger partial charge >= 0.3 is 0 Å². The second-order valence-electron chi connectivity index (χ2n) is 9.73. The maximum Gasteiger partial charge on any atom is 0.119 e. The molecule has 0 aromatic heterocycles. The summed E-state index contributed by atoms with van der Waals surface area (Å²) in [6, 6.07) is 17.2. The van der Waals surface area contributed by atoms with Crippen LogP contribution in [0.15, 0.2) is 48.5 Å². The number of piperidine rings is 1. The van der Waals surface area contributed by atoms with E-state index in [2.05, 4.69) is 67.1 Å². The Morgan fingerprint density at radius 1 is 0.939 bits per heavy atom. The van der Waals surface area contributed by atoms with Crippen LogP contribution >= 0.6 is 24.8 Å². The van der Waals surface area contributed by atoms with Crippen LogP contribution in [0.1, 0.15) is 64.0 Å². The van der Waals surface area contributed by atoms with Crippen LogP contribution in [0.3, 0.4) is 0 Å². The molecule has 4 nitrogen and oxygen atoms in total. The van der Waals surface area contributed by atoms with Gasteiger partial charge in [0.25, 0.3) is 0 Å². The van der Waals surface area contributed by atoms with Crippen molar-refractivity contribution in [3.8, 4) is 5.75 Å². The maximum absolute atomic E-state index is 11.1. The second-order valence-corrected chi connectivity index (χ2v) is 9.73. The molecule has 1 aliphatic rings. The lowest BCUT2D eigenvalue weighted by Crippen LogP contribution is -2.45. The van der Waals surface area contributed by atoms with E-state index < -0.39 is 5.60 Å². The van der Waals surface area contributed by atoms with Crippen LogP contribution < -0.4 is 9.64 Å². The van der Waals surface area contributed by atoms with Crippen LogP contribution in [0.5, 0.6) is 5.75 Å². The Hall–Kier alpha value is -1.46. The Balaban J connectivity index is 0.00000272. The number of hydrogen-bond acceptors (Lipinski definition) is 4. The molecule has 2 aromatic carbocycles. The zero-order chi connectivity index (χ0) is 22.4. The summed E-state index contributed by atoms with van der Waals surface area (Å²) in [5, 5.41) is 11.1. The smallest absolute Gasteiger partial charge is 0.119 e. The molecule has 0 saturated carbocycles.